The Hall–Kier alpha value is -1.23. The van der Waals surface area contributed by atoms with Gasteiger partial charge in [-0.25, -0.2) is 0 Å². The predicted molar refractivity (Wildman–Crippen MR) is 142 cm³/mol. The third-order valence-corrected chi connectivity index (χ3v) is 11.4. The number of nitrogens with zero attached hydrogens (tertiary/aromatic N) is 1. The second kappa shape index (κ2) is 11.0. The van der Waals surface area contributed by atoms with Crippen molar-refractivity contribution < 1.29 is 18.5 Å². The molecule has 1 unspecified atom stereocenters. The van der Waals surface area contributed by atoms with E-state index in [1.165, 1.54) is 6.07 Å². The Balaban J connectivity index is 1.91. The molecule has 35 heavy (non-hydrogen) atoms. The van der Waals surface area contributed by atoms with Gasteiger partial charge in [0.15, 0.2) is 0 Å². The van der Waals surface area contributed by atoms with Crippen LogP contribution in [0.25, 0.3) is 0 Å². The molecule has 1 atom stereocenters. The monoisotopic (exact) mass is 507 g/mol. The van der Waals surface area contributed by atoms with Crippen molar-refractivity contribution in [1.29, 1.82) is 0 Å². The van der Waals surface area contributed by atoms with Crippen molar-refractivity contribution in [3.8, 4) is 0 Å². The first kappa shape index (κ1) is 28.3. The van der Waals surface area contributed by atoms with Crippen molar-refractivity contribution in [2.24, 2.45) is 23.7 Å². The third kappa shape index (κ3) is 6.76. The van der Waals surface area contributed by atoms with Crippen LogP contribution in [0.3, 0.4) is 0 Å². The second-order valence-corrected chi connectivity index (χ2v) is 14.5. The summed E-state index contributed by atoms with van der Waals surface area (Å²) in [5, 5.41) is 11.8. The molecule has 0 N–H and O–H groups in total. The molecule has 0 spiro atoms. The lowest BCUT2D eigenvalue weighted by Crippen LogP contribution is -2.38. The lowest BCUT2D eigenvalue weighted by atomic mass is 9.75. The highest BCUT2D eigenvalue weighted by Gasteiger charge is 2.49. The first-order valence-electron chi connectivity index (χ1n) is 13.5. The molecule has 2 fully saturated rings. The van der Waals surface area contributed by atoms with Crippen molar-refractivity contribution in [1.82, 2.24) is 0 Å². The second-order valence-electron chi connectivity index (χ2n) is 12.3. The van der Waals surface area contributed by atoms with E-state index in [0.717, 1.165) is 51.4 Å². The first-order chi connectivity index (χ1) is 16.3. The van der Waals surface area contributed by atoms with Crippen LogP contribution >= 0.6 is 7.60 Å². The number of rotatable bonds is 9. The molecule has 2 aliphatic carbocycles. The molecular formula is C28H46NO5P. The van der Waals surface area contributed by atoms with Crippen molar-refractivity contribution in [3.05, 3.63) is 39.9 Å². The average Bonchev–Trinajstić information content (AvgIpc) is 2.78. The van der Waals surface area contributed by atoms with E-state index in [1.54, 1.807) is 25.1 Å². The van der Waals surface area contributed by atoms with Crippen LogP contribution in [-0.2, 0) is 13.6 Å². The fraction of sp³-hybridized carbons (Fsp3) is 0.786. The molecule has 0 amide bonds. The maximum Gasteiger partial charge on any atom is 0.339 e. The van der Waals surface area contributed by atoms with Crippen molar-refractivity contribution in [2.75, 3.05) is 0 Å². The summed E-state index contributed by atoms with van der Waals surface area (Å²) in [5.41, 5.74) is -1.48. The Morgan fingerprint density at radius 2 is 1.26 bits per heavy atom. The Morgan fingerprint density at radius 1 is 0.857 bits per heavy atom. The summed E-state index contributed by atoms with van der Waals surface area (Å²) in [5.74, 6) is 2.51. The molecule has 0 aromatic heterocycles. The summed E-state index contributed by atoms with van der Waals surface area (Å²) in [6.45, 7) is 14.9. The molecule has 0 saturated heterocycles. The van der Waals surface area contributed by atoms with Crippen LogP contribution in [0, 0.1) is 33.8 Å². The number of hydrogen-bond acceptors (Lipinski definition) is 5. The van der Waals surface area contributed by atoms with Crippen molar-refractivity contribution >= 4 is 13.3 Å². The highest BCUT2D eigenvalue weighted by molar-refractivity contribution is 7.54. The summed E-state index contributed by atoms with van der Waals surface area (Å²) in [6, 6.07) is 6.57. The molecule has 0 aliphatic heterocycles. The zero-order valence-corrected chi connectivity index (χ0v) is 23.7. The zero-order chi connectivity index (χ0) is 26.0. The van der Waals surface area contributed by atoms with Crippen LogP contribution in [0.2, 0.25) is 0 Å². The maximum absolute atomic E-state index is 14.8. The largest absolute Gasteiger partial charge is 0.339 e. The minimum atomic E-state index is -3.76. The highest BCUT2D eigenvalue weighted by Crippen LogP contribution is 2.68. The lowest BCUT2D eigenvalue weighted by Gasteiger charge is -2.45. The van der Waals surface area contributed by atoms with Gasteiger partial charge in [-0.3, -0.25) is 14.7 Å². The Bertz CT molecular complexity index is 874. The standard InChI is InChI=1S/C28H46NO5P/c1-20(2)23-12-16-27(6,17-13-23)33-35(32,22(5)25-10-8-9-11-26(25)29(30)31)34-28(7)18-14-24(15-19-28)21(3)4/h8-11,20-24H,12-19H2,1-7H3. The number of nitro groups is 1. The molecule has 198 valence electrons. The van der Waals surface area contributed by atoms with Gasteiger partial charge in [0.1, 0.15) is 0 Å². The van der Waals surface area contributed by atoms with Crippen LogP contribution in [0.15, 0.2) is 24.3 Å². The topological polar surface area (TPSA) is 78.7 Å². The van der Waals surface area contributed by atoms with Crippen LogP contribution in [-0.4, -0.2) is 16.1 Å². The van der Waals surface area contributed by atoms with E-state index >= 15 is 0 Å². The molecule has 6 nitrogen and oxygen atoms in total. The number of benzene rings is 1. The summed E-state index contributed by atoms with van der Waals surface area (Å²) in [6.07, 6.45) is 7.39. The molecule has 1 aromatic rings. The number of para-hydroxylation sites is 1. The van der Waals surface area contributed by atoms with Gasteiger partial charge in [0.05, 0.1) is 21.8 Å². The predicted octanol–water partition coefficient (Wildman–Crippen LogP) is 9.09. The molecule has 1 aromatic carbocycles. The fourth-order valence-corrected chi connectivity index (χ4v) is 8.49. The van der Waals surface area contributed by atoms with Gasteiger partial charge in [0.25, 0.3) is 5.69 Å². The van der Waals surface area contributed by atoms with Crippen molar-refractivity contribution in [2.45, 2.75) is 117 Å². The summed E-state index contributed by atoms with van der Waals surface area (Å²) in [4.78, 5) is 11.4. The van der Waals surface area contributed by atoms with E-state index in [0.29, 0.717) is 29.2 Å². The van der Waals surface area contributed by atoms with Gasteiger partial charge < -0.3 is 9.05 Å². The normalized spacial score (nSPS) is 32.4. The molecule has 2 aliphatic rings. The van der Waals surface area contributed by atoms with Gasteiger partial charge in [0.2, 0.25) is 0 Å². The van der Waals surface area contributed by atoms with E-state index in [1.807, 2.05) is 13.8 Å². The van der Waals surface area contributed by atoms with Gasteiger partial charge in [-0.05, 0) is 95.8 Å². The van der Waals surface area contributed by atoms with E-state index in [9.17, 15) is 14.7 Å². The van der Waals surface area contributed by atoms with Gasteiger partial charge in [-0.2, -0.15) is 0 Å². The van der Waals surface area contributed by atoms with E-state index in [4.69, 9.17) is 9.05 Å². The van der Waals surface area contributed by atoms with E-state index in [-0.39, 0.29) is 5.69 Å². The van der Waals surface area contributed by atoms with Crippen molar-refractivity contribution in [3.63, 3.8) is 0 Å². The molecule has 3 rings (SSSR count). The quantitative estimate of drug-likeness (QED) is 0.189. The zero-order valence-electron chi connectivity index (χ0n) is 22.8. The van der Waals surface area contributed by atoms with Gasteiger partial charge in [0, 0.05) is 11.6 Å². The summed E-state index contributed by atoms with van der Waals surface area (Å²) < 4.78 is 28.0. The maximum atomic E-state index is 14.8. The fourth-order valence-electron chi connectivity index (χ4n) is 5.99. The molecule has 0 radical (unpaired) electrons. The Kier molecular flexibility index (Phi) is 8.93. The van der Waals surface area contributed by atoms with E-state index < -0.39 is 29.4 Å². The van der Waals surface area contributed by atoms with Gasteiger partial charge in [-0.15, -0.1) is 0 Å². The molecule has 2 saturated carbocycles. The number of hydrogen-bond donors (Lipinski definition) is 0. The minimum Gasteiger partial charge on any atom is -0.302 e. The van der Waals surface area contributed by atoms with Gasteiger partial charge >= 0.3 is 7.60 Å². The average molecular weight is 508 g/mol. The van der Waals surface area contributed by atoms with Gasteiger partial charge in [-0.1, -0.05) is 45.9 Å². The molecule has 7 heteroatoms. The van der Waals surface area contributed by atoms with Crippen LogP contribution in [0.1, 0.15) is 111 Å². The highest BCUT2D eigenvalue weighted by atomic mass is 31.2. The van der Waals surface area contributed by atoms with Crippen LogP contribution in [0.5, 0.6) is 0 Å². The first-order valence-corrected chi connectivity index (χ1v) is 15.1. The molecule has 0 bridgehead atoms. The third-order valence-electron chi connectivity index (χ3n) is 8.81. The van der Waals surface area contributed by atoms with E-state index in [2.05, 4.69) is 27.7 Å². The smallest absolute Gasteiger partial charge is 0.302 e. The minimum absolute atomic E-state index is 0.0326. The van der Waals surface area contributed by atoms with Crippen LogP contribution in [0.4, 0.5) is 5.69 Å². The Labute approximate surface area is 212 Å². The molecule has 0 heterocycles. The SMILES string of the molecule is CC(C)C1CCC(C)(OP(=O)(OC2(C)CCC(C(C)C)CC2)C(C)c2ccccc2[N+](=O)[O-])CC1. The summed E-state index contributed by atoms with van der Waals surface area (Å²) >= 11 is 0. The Morgan fingerprint density at radius 3 is 1.63 bits per heavy atom. The molecular weight excluding hydrogens is 461 g/mol. The van der Waals surface area contributed by atoms with Crippen LogP contribution < -0.4 is 0 Å². The summed E-state index contributed by atoms with van der Waals surface area (Å²) in [7, 11) is -3.76. The number of nitro benzene ring substituents is 1. The lowest BCUT2D eigenvalue weighted by molar-refractivity contribution is -0.385.